The van der Waals surface area contributed by atoms with Crippen LogP contribution in [0.25, 0.3) is 0 Å². The average Bonchev–Trinajstić information content (AvgIpc) is 2.26. The van der Waals surface area contributed by atoms with E-state index in [-0.39, 0.29) is 35.2 Å². The van der Waals surface area contributed by atoms with Crippen LogP contribution in [0.15, 0.2) is 72.1 Å². The van der Waals surface area contributed by atoms with Crippen LogP contribution in [0.3, 0.4) is 0 Å². The summed E-state index contributed by atoms with van der Waals surface area (Å²) in [6.45, 7) is 4.58. The molecule has 0 bridgehead atoms. The molecule has 0 spiro atoms. The van der Waals surface area contributed by atoms with E-state index in [0.717, 1.165) is 12.2 Å². The maximum atomic E-state index is 11.4. The van der Waals surface area contributed by atoms with Crippen molar-refractivity contribution in [2.45, 2.75) is 13.3 Å². The van der Waals surface area contributed by atoms with Crippen LogP contribution >= 0.6 is 0 Å². The standard InChI is InChI=1S/C15H18O5/c1-11(16)9-14(19)7-3-5-13(18)6-4-8-15(20)10-12(2)17/h3-4,6-10,16-17,19-20H,1,5H2,2H3/b6-4+,7-3-,12-10+,14-9+,15-8+. The molecule has 0 aromatic carbocycles. The number of rotatable bonds is 7. The van der Waals surface area contributed by atoms with Gasteiger partial charge in [-0.3, -0.25) is 4.79 Å². The molecule has 4 N–H and O–H groups in total. The van der Waals surface area contributed by atoms with Gasteiger partial charge in [-0.2, -0.15) is 0 Å². The van der Waals surface area contributed by atoms with Crippen molar-refractivity contribution < 1.29 is 25.2 Å². The highest BCUT2D eigenvalue weighted by Gasteiger charge is 1.93. The third kappa shape index (κ3) is 10.5. The second-order valence-corrected chi connectivity index (χ2v) is 3.87. The molecule has 0 aliphatic carbocycles. The fraction of sp³-hybridized carbons (Fsp3) is 0.133. The van der Waals surface area contributed by atoms with Crippen molar-refractivity contribution in [2.75, 3.05) is 0 Å². The molecule has 20 heavy (non-hydrogen) atoms. The van der Waals surface area contributed by atoms with E-state index in [0.29, 0.717) is 0 Å². The van der Waals surface area contributed by atoms with Gasteiger partial charge in [-0.15, -0.1) is 0 Å². The van der Waals surface area contributed by atoms with E-state index in [2.05, 4.69) is 6.58 Å². The molecule has 0 atom stereocenters. The van der Waals surface area contributed by atoms with Crippen molar-refractivity contribution in [1.29, 1.82) is 0 Å². The van der Waals surface area contributed by atoms with Crippen LogP contribution in [0.1, 0.15) is 13.3 Å². The van der Waals surface area contributed by atoms with Gasteiger partial charge in [-0.05, 0) is 25.2 Å². The summed E-state index contributed by atoms with van der Waals surface area (Å²) in [6, 6.07) is 0. The first-order valence-electron chi connectivity index (χ1n) is 5.73. The number of ketones is 1. The number of hydrogen-bond donors (Lipinski definition) is 4. The van der Waals surface area contributed by atoms with Crippen molar-refractivity contribution in [2.24, 2.45) is 0 Å². The monoisotopic (exact) mass is 278 g/mol. The molecule has 0 radical (unpaired) electrons. The second-order valence-electron chi connectivity index (χ2n) is 3.87. The molecular weight excluding hydrogens is 260 g/mol. The molecule has 108 valence electrons. The van der Waals surface area contributed by atoms with Gasteiger partial charge in [0.2, 0.25) is 0 Å². The van der Waals surface area contributed by atoms with E-state index in [1.807, 2.05) is 0 Å². The molecule has 0 aromatic heterocycles. The first-order chi connectivity index (χ1) is 9.31. The smallest absolute Gasteiger partial charge is 0.159 e. The lowest BCUT2D eigenvalue weighted by atomic mass is 10.2. The van der Waals surface area contributed by atoms with E-state index in [4.69, 9.17) is 10.2 Å². The summed E-state index contributed by atoms with van der Waals surface area (Å²) in [5.74, 6) is -0.965. The van der Waals surface area contributed by atoms with Gasteiger partial charge < -0.3 is 20.4 Å². The van der Waals surface area contributed by atoms with Crippen LogP contribution in [-0.2, 0) is 4.79 Å². The van der Waals surface area contributed by atoms with Gasteiger partial charge in [-0.25, -0.2) is 0 Å². The Morgan fingerprint density at radius 1 is 1.05 bits per heavy atom. The van der Waals surface area contributed by atoms with Gasteiger partial charge in [0.05, 0.1) is 5.76 Å². The molecular formula is C15H18O5. The highest BCUT2D eigenvalue weighted by Crippen LogP contribution is 1.99. The van der Waals surface area contributed by atoms with Crippen LogP contribution in [0.5, 0.6) is 0 Å². The zero-order valence-corrected chi connectivity index (χ0v) is 11.2. The summed E-state index contributed by atoms with van der Waals surface area (Å²) in [7, 11) is 0. The lowest BCUT2D eigenvalue weighted by Gasteiger charge is -1.91. The number of aliphatic hydroxyl groups is 4. The van der Waals surface area contributed by atoms with Gasteiger partial charge in [-0.1, -0.05) is 18.7 Å². The van der Waals surface area contributed by atoms with Gasteiger partial charge in [0.25, 0.3) is 0 Å². The van der Waals surface area contributed by atoms with Gasteiger partial charge in [0.1, 0.15) is 17.3 Å². The first-order valence-corrected chi connectivity index (χ1v) is 5.73. The summed E-state index contributed by atoms with van der Waals surface area (Å²) in [6.07, 6.45) is 8.76. The summed E-state index contributed by atoms with van der Waals surface area (Å²) < 4.78 is 0. The lowest BCUT2D eigenvalue weighted by Crippen LogP contribution is -1.89. The molecule has 0 saturated heterocycles. The summed E-state index contributed by atoms with van der Waals surface area (Å²) in [4.78, 5) is 11.4. The zero-order chi connectivity index (χ0) is 15.5. The second kappa shape index (κ2) is 9.27. The van der Waals surface area contributed by atoms with Crippen LogP contribution in [0.2, 0.25) is 0 Å². The zero-order valence-electron chi connectivity index (χ0n) is 11.2. The Bertz CT molecular complexity index is 500. The van der Waals surface area contributed by atoms with Gasteiger partial charge in [0, 0.05) is 18.6 Å². The van der Waals surface area contributed by atoms with E-state index < -0.39 is 0 Å². The Balaban J connectivity index is 4.35. The quantitative estimate of drug-likeness (QED) is 0.325. The van der Waals surface area contributed by atoms with Crippen molar-refractivity contribution in [1.82, 2.24) is 0 Å². The van der Waals surface area contributed by atoms with Crippen LogP contribution in [-0.4, -0.2) is 26.2 Å². The number of allylic oxidation sites excluding steroid dienone is 8. The van der Waals surface area contributed by atoms with E-state index >= 15 is 0 Å². The predicted octanol–water partition coefficient (Wildman–Crippen LogP) is 3.48. The Morgan fingerprint density at radius 2 is 1.70 bits per heavy atom. The lowest BCUT2D eigenvalue weighted by molar-refractivity contribution is -0.113. The minimum absolute atomic E-state index is 0.0471. The molecule has 0 aliphatic heterocycles. The molecule has 0 saturated carbocycles. The number of carbonyl (C=O) groups excluding carboxylic acids is 1. The van der Waals surface area contributed by atoms with Crippen molar-refractivity contribution in [3.05, 3.63) is 72.1 Å². The normalized spacial score (nSPS) is 14.2. The highest BCUT2D eigenvalue weighted by molar-refractivity contribution is 5.90. The van der Waals surface area contributed by atoms with E-state index in [1.165, 1.54) is 37.3 Å². The summed E-state index contributed by atoms with van der Waals surface area (Å²) in [5, 5.41) is 36.1. The topological polar surface area (TPSA) is 98.0 Å². The Morgan fingerprint density at radius 3 is 2.25 bits per heavy atom. The molecule has 0 fully saturated rings. The molecule has 0 aromatic rings. The summed E-state index contributed by atoms with van der Waals surface area (Å²) in [5.41, 5.74) is 0. The predicted molar refractivity (Wildman–Crippen MR) is 77.5 cm³/mol. The molecule has 0 aliphatic rings. The minimum atomic E-state index is -0.286. The molecule has 0 rings (SSSR count). The van der Waals surface area contributed by atoms with Crippen molar-refractivity contribution >= 4 is 5.78 Å². The molecule has 0 unspecified atom stereocenters. The fourth-order valence-electron chi connectivity index (χ4n) is 1.10. The van der Waals surface area contributed by atoms with Crippen molar-refractivity contribution in [3.8, 4) is 0 Å². The third-order valence-electron chi connectivity index (χ3n) is 1.83. The Hall–Kier alpha value is -2.69. The van der Waals surface area contributed by atoms with E-state index in [9.17, 15) is 15.0 Å². The summed E-state index contributed by atoms with van der Waals surface area (Å²) >= 11 is 0. The van der Waals surface area contributed by atoms with Crippen LogP contribution in [0, 0.1) is 0 Å². The Kier molecular flexibility index (Phi) is 8.02. The fourth-order valence-corrected chi connectivity index (χ4v) is 1.10. The number of hydrogen-bond acceptors (Lipinski definition) is 5. The molecule has 5 nitrogen and oxygen atoms in total. The van der Waals surface area contributed by atoms with E-state index in [1.54, 1.807) is 0 Å². The molecule has 5 heteroatoms. The largest absolute Gasteiger partial charge is 0.512 e. The molecule has 0 amide bonds. The van der Waals surface area contributed by atoms with Crippen molar-refractivity contribution in [3.63, 3.8) is 0 Å². The van der Waals surface area contributed by atoms with Crippen LogP contribution in [0.4, 0.5) is 0 Å². The minimum Gasteiger partial charge on any atom is -0.512 e. The molecule has 0 heterocycles. The number of aliphatic hydroxyl groups excluding tert-OH is 4. The maximum Gasteiger partial charge on any atom is 0.159 e. The van der Waals surface area contributed by atoms with Gasteiger partial charge in [0.15, 0.2) is 5.78 Å². The highest BCUT2D eigenvalue weighted by atomic mass is 16.3. The average molecular weight is 278 g/mol. The van der Waals surface area contributed by atoms with Crippen LogP contribution < -0.4 is 0 Å². The SMILES string of the molecule is C=C(O)/C=C(O)\C=C/CC(=O)/C=C/C=C(O)\C=C(/C)O. The first kappa shape index (κ1) is 17.3. The third-order valence-corrected chi connectivity index (χ3v) is 1.83. The Labute approximate surface area is 117 Å². The maximum absolute atomic E-state index is 11.4. The van der Waals surface area contributed by atoms with Gasteiger partial charge >= 0.3 is 0 Å². The number of carbonyl (C=O) groups is 1.